The molecule has 1 aliphatic heterocycles. The van der Waals surface area contributed by atoms with Crippen LogP contribution in [0.4, 0.5) is 11.4 Å². The molecular weight excluding hydrogens is 600 g/mol. The highest BCUT2D eigenvalue weighted by molar-refractivity contribution is 6.07. The summed E-state index contributed by atoms with van der Waals surface area (Å²) >= 11 is 0. The number of fused-ring (bicyclic) bond motifs is 1. The summed E-state index contributed by atoms with van der Waals surface area (Å²) in [5.74, 6) is 1.33. The van der Waals surface area contributed by atoms with Gasteiger partial charge in [0.25, 0.3) is 11.6 Å². The van der Waals surface area contributed by atoms with Crippen LogP contribution in [0.2, 0.25) is 0 Å². The number of nitro groups is 1. The van der Waals surface area contributed by atoms with Crippen molar-refractivity contribution in [3.8, 4) is 22.9 Å². The van der Waals surface area contributed by atoms with Crippen molar-refractivity contribution in [3.05, 3.63) is 129 Å². The molecular formula is C35H34N6O6. The maximum Gasteiger partial charge on any atom is 0.282 e. The molecule has 0 unspecified atom stereocenters. The average molecular weight is 635 g/mol. The van der Waals surface area contributed by atoms with Gasteiger partial charge in [-0.15, -0.1) is 5.10 Å². The minimum atomic E-state index is -0.606. The molecule has 0 aliphatic carbocycles. The predicted octanol–water partition coefficient (Wildman–Crippen LogP) is 5.62. The van der Waals surface area contributed by atoms with Gasteiger partial charge in [0.2, 0.25) is 0 Å². The Morgan fingerprint density at radius 1 is 0.936 bits per heavy atom. The van der Waals surface area contributed by atoms with E-state index in [2.05, 4.69) is 44.8 Å². The third kappa shape index (κ3) is 7.23. The third-order valence-electron chi connectivity index (χ3n) is 8.11. The number of carbonyl (C=O) groups excluding carboxylic acids is 1. The fourth-order valence-electron chi connectivity index (χ4n) is 5.59. The molecule has 0 radical (unpaired) electrons. The fraction of sp³-hybridized carbons (Fsp3) is 0.229. The molecule has 1 aromatic heterocycles. The van der Waals surface area contributed by atoms with E-state index in [1.165, 1.54) is 34.9 Å². The second-order valence-corrected chi connectivity index (χ2v) is 11.1. The first-order chi connectivity index (χ1) is 22.9. The maximum absolute atomic E-state index is 12.9. The highest BCUT2D eigenvalue weighted by atomic mass is 16.6. The molecule has 2 heterocycles. The van der Waals surface area contributed by atoms with E-state index in [1.807, 2.05) is 12.1 Å². The van der Waals surface area contributed by atoms with Crippen LogP contribution in [0.1, 0.15) is 32.7 Å². The monoisotopic (exact) mass is 634 g/mol. The van der Waals surface area contributed by atoms with Crippen molar-refractivity contribution >= 4 is 17.3 Å². The van der Waals surface area contributed by atoms with Crippen molar-refractivity contribution in [2.24, 2.45) is 0 Å². The summed E-state index contributed by atoms with van der Waals surface area (Å²) in [6.07, 6.45) is 3.69. The van der Waals surface area contributed by atoms with Crippen LogP contribution in [-0.2, 0) is 26.0 Å². The molecule has 12 heteroatoms. The van der Waals surface area contributed by atoms with Gasteiger partial charge in [-0.2, -0.15) is 0 Å². The van der Waals surface area contributed by atoms with E-state index in [1.54, 1.807) is 55.4 Å². The van der Waals surface area contributed by atoms with Crippen LogP contribution in [0.15, 0.2) is 91.1 Å². The van der Waals surface area contributed by atoms with Gasteiger partial charge in [-0.3, -0.25) is 19.8 Å². The lowest BCUT2D eigenvalue weighted by atomic mass is 9.98. The number of carbonyl (C=O) groups is 1. The van der Waals surface area contributed by atoms with Crippen LogP contribution in [0.25, 0.3) is 5.69 Å². The number of nitrogens with zero attached hydrogens (tertiary/aromatic N) is 5. The number of rotatable bonds is 12. The number of aromatic nitrogens is 3. The maximum atomic E-state index is 12.9. The zero-order valence-corrected chi connectivity index (χ0v) is 26.1. The molecule has 1 amide bonds. The Morgan fingerprint density at radius 2 is 1.66 bits per heavy atom. The van der Waals surface area contributed by atoms with E-state index >= 15 is 0 Å². The van der Waals surface area contributed by atoms with Crippen molar-refractivity contribution in [1.29, 1.82) is 0 Å². The molecule has 0 spiro atoms. The van der Waals surface area contributed by atoms with E-state index in [0.29, 0.717) is 17.1 Å². The van der Waals surface area contributed by atoms with Gasteiger partial charge in [0.05, 0.1) is 36.7 Å². The number of para-hydroxylation sites is 3. The Hall–Kier alpha value is -5.75. The van der Waals surface area contributed by atoms with Crippen LogP contribution in [0.3, 0.4) is 0 Å². The first kappa shape index (κ1) is 31.2. The van der Waals surface area contributed by atoms with E-state index in [-0.39, 0.29) is 17.9 Å². The second-order valence-electron chi connectivity index (χ2n) is 11.1. The lowest BCUT2D eigenvalue weighted by molar-refractivity contribution is -0.385. The number of amides is 1. The van der Waals surface area contributed by atoms with Crippen molar-refractivity contribution in [3.63, 3.8) is 0 Å². The number of hydrogen-bond acceptors (Lipinski definition) is 9. The highest BCUT2D eigenvalue weighted by Crippen LogP contribution is 2.33. The Labute approximate surface area is 271 Å². The molecule has 47 heavy (non-hydrogen) atoms. The summed E-state index contributed by atoms with van der Waals surface area (Å²) in [5.41, 5.74) is 5.36. The highest BCUT2D eigenvalue weighted by Gasteiger charge is 2.21. The van der Waals surface area contributed by atoms with Gasteiger partial charge >= 0.3 is 0 Å². The smallest absolute Gasteiger partial charge is 0.282 e. The number of nitro benzene ring substituents is 1. The molecule has 0 saturated carbocycles. The molecule has 12 nitrogen and oxygen atoms in total. The Balaban J connectivity index is 1.03. The number of ether oxygens (including phenoxy) is 3. The zero-order valence-electron chi connectivity index (χ0n) is 26.1. The van der Waals surface area contributed by atoms with Crippen molar-refractivity contribution in [1.82, 2.24) is 19.9 Å². The van der Waals surface area contributed by atoms with Gasteiger partial charge in [-0.05, 0) is 72.0 Å². The normalized spacial score (nSPS) is 12.6. The lowest BCUT2D eigenvalue weighted by Crippen LogP contribution is -2.32. The molecule has 0 saturated heterocycles. The molecule has 4 aromatic carbocycles. The second kappa shape index (κ2) is 14.1. The van der Waals surface area contributed by atoms with E-state index in [0.717, 1.165) is 49.7 Å². The van der Waals surface area contributed by atoms with Gasteiger partial charge in [-0.1, -0.05) is 41.6 Å². The van der Waals surface area contributed by atoms with E-state index < -0.39 is 10.8 Å². The number of anilines is 1. The van der Waals surface area contributed by atoms with E-state index in [9.17, 15) is 14.9 Å². The fourth-order valence-corrected chi connectivity index (χ4v) is 5.59. The SMILES string of the molecule is COc1cc2c(cc1OC)CN(CCc1ccc(-n3cc(COc4ccccc4NC(=O)c4ccccc4[N+](=O)[O-])nn3)cc1)CC2. The molecule has 0 atom stereocenters. The minimum absolute atomic E-state index is 0.0408. The van der Waals surface area contributed by atoms with Crippen LogP contribution in [0.5, 0.6) is 17.2 Å². The predicted molar refractivity (Wildman–Crippen MR) is 175 cm³/mol. The van der Waals surface area contributed by atoms with Crippen molar-refractivity contribution in [2.75, 3.05) is 32.6 Å². The zero-order chi connectivity index (χ0) is 32.8. The largest absolute Gasteiger partial charge is 0.493 e. The summed E-state index contributed by atoms with van der Waals surface area (Å²) in [6.45, 7) is 2.93. The van der Waals surface area contributed by atoms with Gasteiger partial charge in [0, 0.05) is 25.7 Å². The number of benzene rings is 4. The van der Waals surface area contributed by atoms with Gasteiger partial charge in [0.1, 0.15) is 23.6 Å². The standard InChI is InChI=1S/C35H34N6O6/c1-45-33-19-25-16-18-39(21-26(25)20-34(33)46-2)17-15-24-11-13-28(14-12-24)40-22-27(37-38-40)23-47-32-10-6-4-8-30(32)36-35(42)29-7-3-5-9-31(29)41(43)44/h3-14,19-20,22H,15-18,21,23H2,1-2H3,(H,36,42). The molecule has 1 N–H and O–H groups in total. The summed E-state index contributed by atoms with van der Waals surface area (Å²) in [6, 6.07) is 25.1. The van der Waals surface area contributed by atoms with Crippen molar-refractivity contribution < 1.29 is 23.9 Å². The number of nitrogens with one attached hydrogen (secondary N) is 1. The molecule has 240 valence electrons. The molecule has 5 aromatic rings. The summed E-state index contributed by atoms with van der Waals surface area (Å²) < 4.78 is 18.6. The first-order valence-corrected chi connectivity index (χ1v) is 15.1. The summed E-state index contributed by atoms with van der Waals surface area (Å²) in [5, 5.41) is 22.6. The first-order valence-electron chi connectivity index (χ1n) is 15.1. The van der Waals surface area contributed by atoms with Gasteiger partial charge < -0.3 is 19.5 Å². The minimum Gasteiger partial charge on any atom is -0.493 e. The Kier molecular flexibility index (Phi) is 9.39. The van der Waals surface area contributed by atoms with Crippen molar-refractivity contribution in [2.45, 2.75) is 26.0 Å². The quantitative estimate of drug-likeness (QED) is 0.137. The molecule has 1 aliphatic rings. The average Bonchev–Trinajstić information content (AvgIpc) is 3.59. The van der Waals surface area contributed by atoms with Crippen LogP contribution >= 0.6 is 0 Å². The Morgan fingerprint density at radius 3 is 2.43 bits per heavy atom. The molecule has 6 rings (SSSR count). The van der Waals surface area contributed by atoms with Crippen LogP contribution in [0, 0.1) is 10.1 Å². The molecule has 0 fully saturated rings. The summed E-state index contributed by atoms with van der Waals surface area (Å²) in [4.78, 5) is 26.1. The topological polar surface area (TPSA) is 134 Å². The third-order valence-corrected chi connectivity index (χ3v) is 8.11. The van der Waals surface area contributed by atoms with Crippen LogP contribution < -0.4 is 19.5 Å². The van der Waals surface area contributed by atoms with E-state index in [4.69, 9.17) is 14.2 Å². The lowest BCUT2D eigenvalue weighted by Gasteiger charge is -2.29. The summed E-state index contributed by atoms with van der Waals surface area (Å²) in [7, 11) is 3.33. The molecule has 0 bridgehead atoms. The van der Waals surface area contributed by atoms with Crippen LogP contribution in [-0.4, -0.2) is 58.0 Å². The van der Waals surface area contributed by atoms with Gasteiger partial charge in [-0.25, -0.2) is 4.68 Å². The van der Waals surface area contributed by atoms with Gasteiger partial charge in [0.15, 0.2) is 11.5 Å². The Bertz CT molecular complexity index is 1890. The number of methoxy groups -OCH3 is 2. The number of hydrogen-bond donors (Lipinski definition) is 1.